The average Bonchev–Trinajstić information content (AvgIpc) is 3.02. The molecule has 3 aromatic carbocycles. The van der Waals surface area contributed by atoms with Gasteiger partial charge in [0.05, 0.1) is 33.9 Å². The standard InChI is InChI=1S/C23H15Cl2N3O3S/c24-14-7-5-13(6-8-14)11-20(29)27-23(32)26-19-10-9-15(12-18(19)25)28-21(30)16-3-1-2-4-17(16)22(28)31/h1-10,12H,11H2,(H2,26,27,29,32). The van der Waals surface area contributed by atoms with Gasteiger partial charge in [-0.2, -0.15) is 0 Å². The van der Waals surface area contributed by atoms with Gasteiger partial charge in [0.1, 0.15) is 0 Å². The molecule has 4 rings (SSSR count). The van der Waals surface area contributed by atoms with E-state index in [0.717, 1.165) is 10.5 Å². The maximum Gasteiger partial charge on any atom is 0.266 e. The first-order chi connectivity index (χ1) is 15.3. The van der Waals surface area contributed by atoms with Crippen LogP contribution < -0.4 is 15.5 Å². The van der Waals surface area contributed by atoms with E-state index in [9.17, 15) is 14.4 Å². The van der Waals surface area contributed by atoms with Gasteiger partial charge >= 0.3 is 0 Å². The third-order valence-corrected chi connectivity index (χ3v) is 5.55. The minimum Gasteiger partial charge on any atom is -0.331 e. The molecule has 0 fully saturated rings. The largest absolute Gasteiger partial charge is 0.331 e. The van der Waals surface area contributed by atoms with E-state index in [2.05, 4.69) is 10.6 Å². The molecule has 3 aromatic rings. The van der Waals surface area contributed by atoms with Crippen LogP contribution in [0.5, 0.6) is 0 Å². The molecular weight excluding hydrogens is 469 g/mol. The second-order valence-corrected chi connectivity index (χ2v) is 8.21. The van der Waals surface area contributed by atoms with Gasteiger partial charge in [-0.1, -0.05) is 47.5 Å². The van der Waals surface area contributed by atoms with Crippen LogP contribution in [-0.2, 0) is 11.2 Å². The Labute approximate surface area is 199 Å². The first-order valence-corrected chi connectivity index (χ1v) is 10.6. The van der Waals surface area contributed by atoms with E-state index >= 15 is 0 Å². The molecule has 6 nitrogen and oxygen atoms in total. The highest BCUT2D eigenvalue weighted by Gasteiger charge is 2.36. The summed E-state index contributed by atoms with van der Waals surface area (Å²) in [4.78, 5) is 38.6. The molecule has 9 heteroatoms. The van der Waals surface area contributed by atoms with Crippen molar-refractivity contribution in [3.05, 3.63) is 93.5 Å². The van der Waals surface area contributed by atoms with E-state index in [4.69, 9.17) is 35.4 Å². The third kappa shape index (κ3) is 4.50. The number of thiocarbonyl (C=S) groups is 1. The first kappa shape index (κ1) is 22.0. The van der Waals surface area contributed by atoms with Gasteiger partial charge in [0, 0.05) is 5.02 Å². The Hall–Kier alpha value is -3.26. The smallest absolute Gasteiger partial charge is 0.266 e. The van der Waals surface area contributed by atoms with Gasteiger partial charge in [0.15, 0.2) is 5.11 Å². The van der Waals surface area contributed by atoms with Gasteiger partial charge in [-0.25, -0.2) is 4.90 Å². The number of carbonyl (C=O) groups excluding carboxylic acids is 3. The summed E-state index contributed by atoms with van der Waals surface area (Å²) in [6.45, 7) is 0. The van der Waals surface area contributed by atoms with Crippen LogP contribution in [0.1, 0.15) is 26.3 Å². The normalized spacial score (nSPS) is 12.5. The van der Waals surface area contributed by atoms with Crippen LogP contribution in [0.2, 0.25) is 10.0 Å². The van der Waals surface area contributed by atoms with Crippen LogP contribution in [-0.4, -0.2) is 22.8 Å². The van der Waals surface area contributed by atoms with Crippen molar-refractivity contribution in [3.8, 4) is 0 Å². The zero-order chi connectivity index (χ0) is 22.8. The predicted molar refractivity (Wildman–Crippen MR) is 129 cm³/mol. The molecule has 2 N–H and O–H groups in total. The van der Waals surface area contributed by atoms with Crippen molar-refractivity contribution in [3.63, 3.8) is 0 Å². The first-order valence-electron chi connectivity index (χ1n) is 9.46. The Morgan fingerprint density at radius 1 is 0.906 bits per heavy atom. The predicted octanol–water partition coefficient (Wildman–Crippen LogP) is 4.85. The molecule has 0 bridgehead atoms. The number of hydrogen-bond donors (Lipinski definition) is 2. The van der Waals surface area contributed by atoms with Gasteiger partial charge in [-0.15, -0.1) is 0 Å². The van der Waals surface area contributed by atoms with Crippen molar-refractivity contribution < 1.29 is 14.4 Å². The monoisotopic (exact) mass is 483 g/mol. The van der Waals surface area contributed by atoms with Crippen LogP contribution in [0.4, 0.5) is 11.4 Å². The molecule has 1 aliphatic heterocycles. The summed E-state index contributed by atoms with van der Waals surface area (Å²) < 4.78 is 0. The molecule has 1 heterocycles. The van der Waals surface area contributed by atoms with E-state index in [0.29, 0.717) is 27.5 Å². The molecule has 0 atom stereocenters. The van der Waals surface area contributed by atoms with Gasteiger partial charge in [-0.3, -0.25) is 14.4 Å². The molecule has 0 aromatic heterocycles. The molecule has 3 amide bonds. The number of amides is 3. The van der Waals surface area contributed by atoms with Crippen LogP contribution in [0.15, 0.2) is 66.7 Å². The van der Waals surface area contributed by atoms with Crippen LogP contribution in [0, 0.1) is 0 Å². The molecule has 32 heavy (non-hydrogen) atoms. The summed E-state index contributed by atoms with van der Waals surface area (Å²) in [7, 11) is 0. The number of nitrogens with zero attached hydrogens (tertiary/aromatic N) is 1. The molecule has 0 spiro atoms. The second-order valence-electron chi connectivity index (χ2n) is 6.96. The summed E-state index contributed by atoms with van der Waals surface area (Å²) >= 11 is 17.4. The topological polar surface area (TPSA) is 78.5 Å². The van der Waals surface area contributed by atoms with Gasteiger partial charge in [-0.05, 0) is 60.2 Å². The Kier molecular flexibility index (Phi) is 6.23. The molecule has 0 saturated heterocycles. The quantitative estimate of drug-likeness (QED) is 0.409. The number of anilines is 2. The Bertz CT molecular complexity index is 1230. The maximum absolute atomic E-state index is 12.6. The number of benzene rings is 3. The zero-order valence-electron chi connectivity index (χ0n) is 16.4. The van der Waals surface area contributed by atoms with Crippen molar-refractivity contribution in [2.75, 3.05) is 10.2 Å². The number of hydrogen-bond acceptors (Lipinski definition) is 4. The SMILES string of the molecule is O=C(Cc1ccc(Cl)cc1)NC(=S)Nc1ccc(N2C(=O)c3ccccc3C2=O)cc1Cl. The van der Waals surface area contributed by atoms with Crippen molar-refractivity contribution in [2.24, 2.45) is 0 Å². The maximum atomic E-state index is 12.6. The van der Waals surface area contributed by atoms with Gasteiger partial charge in [0.2, 0.25) is 5.91 Å². The van der Waals surface area contributed by atoms with Gasteiger partial charge < -0.3 is 10.6 Å². The van der Waals surface area contributed by atoms with Crippen molar-refractivity contribution in [1.82, 2.24) is 5.32 Å². The second kappa shape index (κ2) is 9.08. The highest BCUT2D eigenvalue weighted by molar-refractivity contribution is 7.80. The summed E-state index contributed by atoms with van der Waals surface area (Å²) in [5.41, 5.74) is 2.24. The Morgan fingerprint density at radius 2 is 1.53 bits per heavy atom. The third-order valence-electron chi connectivity index (χ3n) is 4.78. The minimum atomic E-state index is -0.410. The van der Waals surface area contributed by atoms with Crippen LogP contribution >= 0.6 is 35.4 Å². The van der Waals surface area contributed by atoms with Crippen LogP contribution in [0.25, 0.3) is 0 Å². The number of carbonyl (C=O) groups is 3. The molecule has 0 saturated carbocycles. The molecule has 0 unspecified atom stereocenters. The zero-order valence-corrected chi connectivity index (χ0v) is 18.7. The lowest BCUT2D eigenvalue weighted by molar-refractivity contribution is -0.119. The molecule has 0 radical (unpaired) electrons. The van der Waals surface area contributed by atoms with E-state index in [1.165, 1.54) is 6.07 Å². The number of rotatable bonds is 4. The Balaban J connectivity index is 1.42. The van der Waals surface area contributed by atoms with Crippen molar-refractivity contribution in [1.29, 1.82) is 0 Å². The van der Waals surface area contributed by atoms with Crippen molar-refractivity contribution >= 4 is 69.6 Å². The number of fused-ring (bicyclic) bond motifs is 1. The average molecular weight is 484 g/mol. The fraction of sp³-hybridized carbons (Fsp3) is 0.0435. The lowest BCUT2D eigenvalue weighted by atomic mass is 10.1. The van der Waals surface area contributed by atoms with E-state index in [-0.39, 0.29) is 22.5 Å². The van der Waals surface area contributed by atoms with E-state index < -0.39 is 11.8 Å². The number of halogens is 2. The summed E-state index contributed by atoms with van der Waals surface area (Å²) in [6.07, 6.45) is 0.130. The molecule has 1 aliphatic rings. The summed E-state index contributed by atoms with van der Waals surface area (Å²) in [5, 5.41) is 6.32. The number of imide groups is 1. The van der Waals surface area contributed by atoms with Gasteiger partial charge in [0.25, 0.3) is 11.8 Å². The van der Waals surface area contributed by atoms with E-state index in [1.807, 2.05) is 0 Å². The highest BCUT2D eigenvalue weighted by Crippen LogP contribution is 2.32. The number of nitrogens with one attached hydrogen (secondary N) is 2. The fourth-order valence-electron chi connectivity index (χ4n) is 3.28. The van der Waals surface area contributed by atoms with E-state index in [1.54, 1.807) is 60.7 Å². The summed E-state index contributed by atoms with van der Waals surface area (Å²) in [5.74, 6) is -1.12. The molecular formula is C23H15Cl2N3O3S. The Morgan fingerprint density at radius 3 is 2.12 bits per heavy atom. The van der Waals surface area contributed by atoms with Crippen LogP contribution in [0.3, 0.4) is 0 Å². The fourth-order valence-corrected chi connectivity index (χ4v) is 3.85. The molecule has 160 valence electrons. The lowest BCUT2D eigenvalue weighted by Crippen LogP contribution is -2.35. The summed E-state index contributed by atoms with van der Waals surface area (Å²) in [6, 6.07) is 18.2. The molecule has 0 aliphatic carbocycles. The minimum absolute atomic E-state index is 0.0688. The lowest BCUT2D eigenvalue weighted by Gasteiger charge is -2.16. The van der Waals surface area contributed by atoms with Crippen molar-refractivity contribution in [2.45, 2.75) is 6.42 Å². The highest BCUT2D eigenvalue weighted by atomic mass is 35.5.